The van der Waals surface area contributed by atoms with Crippen LogP contribution in [-0.4, -0.2) is 56.7 Å². The molecular formula is C23H38IN3O3. The molecular weight excluding hydrogens is 493 g/mol. The molecule has 1 unspecified atom stereocenters. The van der Waals surface area contributed by atoms with Gasteiger partial charge in [-0.3, -0.25) is 9.79 Å². The molecule has 170 valence electrons. The smallest absolute Gasteiger partial charge is 0.305 e. The summed E-state index contributed by atoms with van der Waals surface area (Å²) >= 11 is 0. The van der Waals surface area contributed by atoms with E-state index in [9.17, 15) is 4.79 Å². The fraction of sp³-hybridized carbons (Fsp3) is 0.652. The molecule has 2 rings (SSSR count). The molecule has 0 aromatic heterocycles. The van der Waals surface area contributed by atoms with E-state index < -0.39 is 0 Å². The first-order chi connectivity index (χ1) is 14.2. The number of likely N-dealkylation sites (tertiary alicyclic amines) is 1. The van der Waals surface area contributed by atoms with Gasteiger partial charge in [-0.05, 0) is 31.7 Å². The summed E-state index contributed by atoms with van der Waals surface area (Å²) in [5, 5.41) is 3.48. The fourth-order valence-electron chi connectivity index (χ4n) is 3.59. The van der Waals surface area contributed by atoms with Gasteiger partial charge in [0.25, 0.3) is 0 Å². The first-order valence-electron chi connectivity index (χ1n) is 11.0. The maximum atomic E-state index is 11.3. The first kappa shape index (κ1) is 26.7. The van der Waals surface area contributed by atoms with E-state index in [2.05, 4.69) is 27.3 Å². The van der Waals surface area contributed by atoms with E-state index in [0.29, 0.717) is 25.6 Å². The van der Waals surface area contributed by atoms with Crippen LogP contribution in [0.4, 0.5) is 0 Å². The van der Waals surface area contributed by atoms with Crippen LogP contribution in [0.15, 0.2) is 35.3 Å². The topological polar surface area (TPSA) is 63.2 Å². The van der Waals surface area contributed by atoms with Gasteiger partial charge in [-0.1, -0.05) is 43.2 Å². The Morgan fingerprint density at radius 2 is 1.97 bits per heavy atom. The Balaban J connectivity index is 0.00000450. The monoisotopic (exact) mass is 531 g/mol. The van der Waals surface area contributed by atoms with Gasteiger partial charge in [-0.25, -0.2) is 0 Å². The highest BCUT2D eigenvalue weighted by molar-refractivity contribution is 14.0. The van der Waals surface area contributed by atoms with Gasteiger partial charge in [-0.15, -0.1) is 24.0 Å². The largest absolute Gasteiger partial charge is 0.466 e. The van der Waals surface area contributed by atoms with Gasteiger partial charge < -0.3 is 19.7 Å². The Hall–Kier alpha value is -1.35. The second-order valence-electron chi connectivity index (χ2n) is 7.54. The van der Waals surface area contributed by atoms with Gasteiger partial charge in [0.05, 0.1) is 19.8 Å². The normalized spacial score (nSPS) is 16.3. The molecule has 1 saturated heterocycles. The Labute approximate surface area is 198 Å². The third-order valence-corrected chi connectivity index (χ3v) is 5.16. The van der Waals surface area contributed by atoms with Crippen LogP contribution in [0.1, 0.15) is 51.0 Å². The molecule has 0 radical (unpaired) electrons. The highest BCUT2D eigenvalue weighted by Gasteiger charge is 2.24. The van der Waals surface area contributed by atoms with Gasteiger partial charge in [-0.2, -0.15) is 0 Å². The molecule has 1 aliphatic heterocycles. The zero-order valence-corrected chi connectivity index (χ0v) is 20.8. The predicted molar refractivity (Wildman–Crippen MR) is 132 cm³/mol. The van der Waals surface area contributed by atoms with Crippen molar-refractivity contribution in [3.05, 3.63) is 35.9 Å². The number of aliphatic imine (C=N–C) groups is 1. The highest BCUT2D eigenvalue weighted by Crippen LogP contribution is 2.17. The van der Waals surface area contributed by atoms with E-state index in [0.717, 1.165) is 64.3 Å². The van der Waals surface area contributed by atoms with Crippen LogP contribution in [0.3, 0.4) is 0 Å². The van der Waals surface area contributed by atoms with E-state index in [4.69, 9.17) is 9.47 Å². The van der Waals surface area contributed by atoms with Gasteiger partial charge >= 0.3 is 5.97 Å². The lowest BCUT2D eigenvalue weighted by molar-refractivity contribution is -0.143. The molecule has 0 spiro atoms. The van der Waals surface area contributed by atoms with Crippen molar-refractivity contribution in [1.29, 1.82) is 0 Å². The number of esters is 1. The summed E-state index contributed by atoms with van der Waals surface area (Å²) < 4.78 is 10.9. The third-order valence-electron chi connectivity index (χ3n) is 5.16. The molecule has 0 bridgehead atoms. The Morgan fingerprint density at radius 1 is 1.20 bits per heavy atom. The zero-order chi connectivity index (χ0) is 20.7. The van der Waals surface area contributed by atoms with E-state index in [1.165, 1.54) is 5.56 Å². The summed E-state index contributed by atoms with van der Waals surface area (Å²) in [6.45, 7) is 6.73. The van der Waals surface area contributed by atoms with Crippen LogP contribution in [0.2, 0.25) is 0 Å². The van der Waals surface area contributed by atoms with Crippen LogP contribution in [0.25, 0.3) is 0 Å². The molecule has 1 aromatic rings. The van der Waals surface area contributed by atoms with Gasteiger partial charge in [0, 0.05) is 39.0 Å². The number of hydrogen-bond acceptors (Lipinski definition) is 4. The molecule has 1 heterocycles. The second kappa shape index (κ2) is 16.4. The van der Waals surface area contributed by atoms with Crippen LogP contribution in [-0.2, 0) is 20.9 Å². The predicted octanol–water partition coefficient (Wildman–Crippen LogP) is 4.23. The zero-order valence-electron chi connectivity index (χ0n) is 18.5. The van der Waals surface area contributed by atoms with Crippen LogP contribution >= 0.6 is 24.0 Å². The summed E-state index contributed by atoms with van der Waals surface area (Å²) in [5.74, 6) is 1.46. The highest BCUT2D eigenvalue weighted by atomic mass is 127. The molecule has 0 saturated carbocycles. The number of hydrogen-bond donors (Lipinski definition) is 1. The lowest BCUT2D eigenvalue weighted by atomic mass is 10.1. The van der Waals surface area contributed by atoms with Crippen molar-refractivity contribution < 1.29 is 14.3 Å². The molecule has 0 amide bonds. The Kier molecular flexibility index (Phi) is 14.5. The van der Waals surface area contributed by atoms with Crippen LogP contribution in [0.5, 0.6) is 0 Å². The molecule has 7 heteroatoms. The standard InChI is InChI=1S/C23H37N3O3.HI/c1-3-29-22(27)13-9-4-5-10-15-25-23(24-2)26-16-14-21(17-26)19-28-18-20-11-7-6-8-12-20;/h6-8,11-12,21H,3-5,9-10,13-19H2,1-2H3,(H,24,25);1H. The lowest BCUT2D eigenvalue weighted by Crippen LogP contribution is -2.40. The minimum Gasteiger partial charge on any atom is -0.466 e. The maximum Gasteiger partial charge on any atom is 0.305 e. The molecule has 1 N–H and O–H groups in total. The molecule has 0 aliphatic carbocycles. The van der Waals surface area contributed by atoms with Crippen molar-refractivity contribution in [3.63, 3.8) is 0 Å². The average molecular weight is 531 g/mol. The van der Waals surface area contributed by atoms with E-state index in [-0.39, 0.29) is 29.9 Å². The van der Waals surface area contributed by atoms with Crippen molar-refractivity contribution in [1.82, 2.24) is 10.2 Å². The fourth-order valence-corrected chi connectivity index (χ4v) is 3.59. The van der Waals surface area contributed by atoms with Gasteiger partial charge in [0.2, 0.25) is 0 Å². The number of nitrogens with one attached hydrogen (secondary N) is 1. The number of carbonyl (C=O) groups excluding carboxylic acids is 1. The Morgan fingerprint density at radius 3 is 2.70 bits per heavy atom. The van der Waals surface area contributed by atoms with E-state index in [1.807, 2.05) is 32.2 Å². The second-order valence-corrected chi connectivity index (χ2v) is 7.54. The molecule has 1 atom stereocenters. The van der Waals surface area contributed by atoms with Crippen LogP contribution in [0, 0.1) is 5.92 Å². The maximum absolute atomic E-state index is 11.3. The van der Waals surface area contributed by atoms with Gasteiger partial charge in [0.1, 0.15) is 0 Å². The number of rotatable bonds is 12. The molecule has 1 aromatic carbocycles. The van der Waals surface area contributed by atoms with Crippen molar-refractivity contribution in [2.45, 2.75) is 52.1 Å². The molecule has 1 aliphatic rings. The number of ether oxygens (including phenoxy) is 2. The summed E-state index contributed by atoms with van der Waals surface area (Å²) in [6.07, 6.45) is 5.83. The van der Waals surface area contributed by atoms with Crippen molar-refractivity contribution in [2.24, 2.45) is 10.9 Å². The summed E-state index contributed by atoms with van der Waals surface area (Å²) in [5.41, 5.74) is 1.22. The number of carbonyl (C=O) groups is 1. The molecule has 30 heavy (non-hydrogen) atoms. The number of nitrogens with zero attached hydrogens (tertiary/aromatic N) is 2. The van der Waals surface area contributed by atoms with Crippen LogP contribution < -0.4 is 5.32 Å². The third kappa shape index (κ3) is 10.6. The summed E-state index contributed by atoms with van der Waals surface area (Å²) in [4.78, 5) is 18.1. The lowest BCUT2D eigenvalue weighted by Gasteiger charge is -2.21. The van der Waals surface area contributed by atoms with Crippen molar-refractivity contribution in [3.8, 4) is 0 Å². The molecule has 1 fully saturated rings. The number of guanidine groups is 1. The number of unbranched alkanes of at least 4 members (excludes halogenated alkanes) is 3. The molecule has 6 nitrogen and oxygen atoms in total. The first-order valence-corrected chi connectivity index (χ1v) is 11.0. The average Bonchev–Trinajstić information content (AvgIpc) is 3.20. The minimum atomic E-state index is -0.0811. The Bertz CT molecular complexity index is 613. The number of benzene rings is 1. The summed E-state index contributed by atoms with van der Waals surface area (Å²) in [7, 11) is 1.85. The quantitative estimate of drug-likeness (QED) is 0.144. The van der Waals surface area contributed by atoms with E-state index in [1.54, 1.807) is 0 Å². The van der Waals surface area contributed by atoms with Gasteiger partial charge in [0.15, 0.2) is 5.96 Å². The SMILES string of the molecule is CCOC(=O)CCCCCCNC(=NC)N1CCC(COCc2ccccc2)C1.I. The van der Waals surface area contributed by atoms with E-state index >= 15 is 0 Å². The van der Waals surface area contributed by atoms with Crippen molar-refractivity contribution >= 4 is 35.9 Å². The van der Waals surface area contributed by atoms with Crippen molar-refractivity contribution in [2.75, 3.05) is 39.9 Å². The minimum absolute atomic E-state index is 0. The number of halogens is 1. The summed E-state index contributed by atoms with van der Waals surface area (Å²) in [6, 6.07) is 10.3.